The Hall–Kier alpha value is -3.22. The summed E-state index contributed by atoms with van der Waals surface area (Å²) >= 11 is 0. The van der Waals surface area contributed by atoms with Crippen LogP contribution in [-0.4, -0.2) is 29.3 Å². The Labute approximate surface area is 162 Å². The molecule has 1 saturated heterocycles. The van der Waals surface area contributed by atoms with Crippen LogP contribution >= 0.6 is 0 Å². The average Bonchev–Trinajstić information content (AvgIpc) is 2.86. The summed E-state index contributed by atoms with van der Waals surface area (Å²) in [6.45, 7) is 5.18. The van der Waals surface area contributed by atoms with Gasteiger partial charge in [0.05, 0.1) is 0 Å². The number of amides is 4. The first kappa shape index (κ1) is 19.5. The van der Waals surface area contributed by atoms with Crippen molar-refractivity contribution in [1.82, 2.24) is 10.2 Å². The Morgan fingerprint density at radius 2 is 1.71 bits per heavy atom. The Balaban J connectivity index is 1.79. The quantitative estimate of drug-likeness (QED) is 0.778. The highest BCUT2D eigenvalue weighted by Gasteiger charge is 2.51. The summed E-state index contributed by atoms with van der Waals surface area (Å²) < 4.78 is 13.3. The van der Waals surface area contributed by atoms with E-state index in [9.17, 15) is 18.8 Å². The van der Waals surface area contributed by atoms with E-state index in [0.717, 1.165) is 16.0 Å². The average molecular weight is 383 g/mol. The summed E-state index contributed by atoms with van der Waals surface area (Å²) in [6.07, 6.45) is 0.276. The minimum Gasteiger partial charge on any atom is -0.325 e. The highest BCUT2D eigenvalue weighted by atomic mass is 19.1. The van der Waals surface area contributed by atoms with E-state index in [1.54, 1.807) is 6.92 Å². The van der Waals surface area contributed by atoms with Crippen LogP contribution in [0.25, 0.3) is 0 Å². The fourth-order valence-corrected chi connectivity index (χ4v) is 3.53. The van der Waals surface area contributed by atoms with E-state index in [1.165, 1.54) is 24.3 Å². The number of carbonyl (C=O) groups excluding carboxylic acids is 3. The lowest BCUT2D eigenvalue weighted by atomic mass is 9.87. The maximum absolute atomic E-state index is 13.3. The lowest BCUT2D eigenvalue weighted by Crippen LogP contribution is -2.44. The van der Waals surface area contributed by atoms with Gasteiger partial charge in [0.1, 0.15) is 17.9 Å². The number of benzene rings is 2. The van der Waals surface area contributed by atoms with Crippen LogP contribution in [0.4, 0.5) is 14.9 Å². The van der Waals surface area contributed by atoms with E-state index in [2.05, 4.69) is 10.6 Å². The summed E-state index contributed by atoms with van der Waals surface area (Å²) in [5.41, 5.74) is 1.77. The predicted molar refractivity (Wildman–Crippen MR) is 103 cm³/mol. The van der Waals surface area contributed by atoms with Gasteiger partial charge in [-0.15, -0.1) is 0 Å². The molecule has 4 amide bonds. The van der Waals surface area contributed by atoms with Crippen molar-refractivity contribution in [2.24, 2.45) is 0 Å². The first-order chi connectivity index (χ1) is 13.2. The third kappa shape index (κ3) is 3.60. The smallest absolute Gasteiger partial charge is 0.325 e. The number of rotatable bonds is 5. The van der Waals surface area contributed by atoms with Gasteiger partial charge in [0.2, 0.25) is 5.91 Å². The first-order valence-corrected chi connectivity index (χ1v) is 9.03. The Kier molecular flexibility index (Phi) is 5.18. The van der Waals surface area contributed by atoms with Crippen molar-refractivity contribution in [3.8, 4) is 0 Å². The van der Waals surface area contributed by atoms with Gasteiger partial charge in [0.15, 0.2) is 0 Å². The molecule has 28 heavy (non-hydrogen) atoms. The van der Waals surface area contributed by atoms with E-state index < -0.39 is 35.7 Å². The zero-order valence-electron chi connectivity index (χ0n) is 16.0. The normalized spacial score (nSPS) is 18.9. The summed E-state index contributed by atoms with van der Waals surface area (Å²) in [5, 5.41) is 5.40. The molecule has 1 aliphatic rings. The summed E-state index contributed by atoms with van der Waals surface area (Å²) in [7, 11) is 0. The number of carbonyl (C=O) groups is 3. The monoisotopic (exact) mass is 383 g/mol. The topological polar surface area (TPSA) is 78.5 Å². The van der Waals surface area contributed by atoms with Crippen LogP contribution in [0.1, 0.15) is 30.0 Å². The van der Waals surface area contributed by atoms with Crippen molar-refractivity contribution in [1.29, 1.82) is 0 Å². The molecule has 0 bridgehead atoms. The van der Waals surface area contributed by atoms with Gasteiger partial charge in [-0.05, 0) is 61.2 Å². The Morgan fingerprint density at radius 3 is 2.29 bits per heavy atom. The van der Waals surface area contributed by atoms with Crippen LogP contribution in [0.2, 0.25) is 0 Å². The van der Waals surface area contributed by atoms with Gasteiger partial charge in [-0.25, -0.2) is 9.18 Å². The van der Waals surface area contributed by atoms with E-state index in [-0.39, 0.29) is 6.42 Å². The van der Waals surface area contributed by atoms with Gasteiger partial charge in [-0.2, -0.15) is 0 Å². The second-order valence-corrected chi connectivity index (χ2v) is 7.01. The molecule has 2 aromatic rings. The van der Waals surface area contributed by atoms with Crippen LogP contribution in [0, 0.1) is 19.7 Å². The third-order valence-electron chi connectivity index (χ3n) is 4.85. The fraction of sp³-hybridized carbons (Fsp3) is 0.286. The van der Waals surface area contributed by atoms with Gasteiger partial charge in [0.25, 0.3) is 5.91 Å². The second-order valence-electron chi connectivity index (χ2n) is 7.01. The summed E-state index contributed by atoms with van der Waals surface area (Å²) in [5.74, 6) is -1.43. The van der Waals surface area contributed by atoms with Crippen LogP contribution < -0.4 is 10.6 Å². The zero-order chi connectivity index (χ0) is 20.5. The van der Waals surface area contributed by atoms with E-state index in [4.69, 9.17) is 0 Å². The lowest BCUT2D eigenvalue weighted by Gasteiger charge is -2.25. The van der Waals surface area contributed by atoms with Crippen LogP contribution in [-0.2, 0) is 15.1 Å². The van der Waals surface area contributed by atoms with Gasteiger partial charge < -0.3 is 10.6 Å². The maximum Gasteiger partial charge on any atom is 0.325 e. The molecule has 0 saturated carbocycles. The molecule has 1 aliphatic heterocycles. The van der Waals surface area contributed by atoms with E-state index in [0.29, 0.717) is 11.3 Å². The van der Waals surface area contributed by atoms with Crippen molar-refractivity contribution in [3.63, 3.8) is 0 Å². The van der Waals surface area contributed by atoms with E-state index >= 15 is 0 Å². The molecule has 1 unspecified atom stereocenters. The van der Waals surface area contributed by atoms with Crippen LogP contribution in [0.3, 0.4) is 0 Å². The second kappa shape index (κ2) is 7.42. The standard InChI is InChI=1S/C21H22FN3O3/c1-4-21(15-5-7-16(22)8-6-15)19(27)25(20(28)24-21)12-18(26)23-17-10-13(2)9-14(3)11-17/h5-11H,4,12H2,1-3H3,(H,23,26)(H,24,28). The molecule has 0 radical (unpaired) electrons. The molecule has 1 fully saturated rings. The molecule has 2 N–H and O–H groups in total. The fourth-order valence-electron chi connectivity index (χ4n) is 3.53. The summed E-state index contributed by atoms with van der Waals surface area (Å²) in [4.78, 5) is 38.8. The van der Waals surface area contributed by atoms with Gasteiger partial charge in [0, 0.05) is 5.69 Å². The van der Waals surface area contributed by atoms with Gasteiger partial charge in [-0.1, -0.05) is 25.1 Å². The van der Waals surface area contributed by atoms with Crippen molar-refractivity contribution >= 4 is 23.5 Å². The van der Waals surface area contributed by atoms with Crippen LogP contribution in [0.15, 0.2) is 42.5 Å². The molecule has 6 nitrogen and oxygen atoms in total. The molecule has 7 heteroatoms. The minimum absolute atomic E-state index is 0.276. The molecule has 146 valence electrons. The number of urea groups is 1. The molecule has 0 aliphatic carbocycles. The SMILES string of the molecule is CCC1(c2ccc(F)cc2)NC(=O)N(CC(=O)Nc2cc(C)cc(C)c2)C1=O. The molecule has 0 spiro atoms. The molecule has 0 aromatic heterocycles. The molecular weight excluding hydrogens is 361 g/mol. The number of nitrogens with zero attached hydrogens (tertiary/aromatic N) is 1. The summed E-state index contributed by atoms with van der Waals surface area (Å²) in [6, 6.07) is 10.4. The third-order valence-corrected chi connectivity index (χ3v) is 4.85. The number of hydrogen-bond acceptors (Lipinski definition) is 3. The Morgan fingerprint density at radius 1 is 1.11 bits per heavy atom. The van der Waals surface area contributed by atoms with Crippen molar-refractivity contribution in [2.75, 3.05) is 11.9 Å². The number of halogens is 1. The molecule has 1 heterocycles. The zero-order valence-corrected chi connectivity index (χ0v) is 16.0. The van der Waals surface area contributed by atoms with Crippen molar-refractivity contribution in [2.45, 2.75) is 32.7 Å². The van der Waals surface area contributed by atoms with Gasteiger partial charge in [-0.3, -0.25) is 14.5 Å². The number of nitrogens with one attached hydrogen (secondary N) is 2. The van der Waals surface area contributed by atoms with Crippen molar-refractivity contribution < 1.29 is 18.8 Å². The molecule has 3 rings (SSSR count). The highest BCUT2D eigenvalue weighted by Crippen LogP contribution is 2.32. The Bertz CT molecular complexity index is 922. The van der Waals surface area contributed by atoms with Crippen LogP contribution in [0.5, 0.6) is 0 Å². The molecular formula is C21H22FN3O3. The minimum atomic E-state index is -1.30. The number of anilines is 1. The number of hydrogen-bond donors (Lipinski definition) is 2. The lowest BCUT2D eigenvalue weighted by molar-refractivity contribution is -0.134. The number of imide groups is 1. The van der Waals surface area contributed by atoms with E-state index in [1.807, 2.05) is 32.0 Å². The maximum atomic E-state index is 13.3. The van der Waals surface area contributed by atoms with Gasteiger partial charge >= 0.3 is 6.03 Å². The molecule has 2 aromatic carbocycles. The highest BCUT2D eigenvalue weighted by molar-refractivity contribution is 6.10. The predicted octanol–water partition coefficient (Wildman–Crippen LogP) is 3.24. The largest absolute Gasteiger partial charge is 0.325 e. The molecule has 1 atom stereocenters. The first-order valence-electron chi connectivity index (χ1n) is 9.03. The number of aryl methyl sites for hydroxylation is 2. The van der Waals surface area contributed by atoms with Crippen molar-refractivity contribution in [3.05, 3.63) is 65.0 Å².